The predicted octanol–water partition coefficient (Wildman–Crippen LogP) is 7.06. The van der Waals surface area contributed by atoms with Crippen molar-refractivity contribution in [3.8, 4) is 11.1 Å². The number of hydrogen-bond acceptors (Lipinski definition) is 1. The van der Waals surface area contributed by atoms with Crippen LogP contribution < -0.4 is 0 Å². The molecule has 1 nitrogen and oxygen atoms in total. The number of rotatable bonds is 1. The Morgan fingerprint density at radius 1 is 0.708 bits per heavy atom. The Bertz CT molecular complexity index is 1870. The summed E-state index contributed by atoms with van der Waals surface area (Å²) in [4.78, 5) is 0. The maximum absolute atomic E-state index is 8.65. The number of halogens is 1. The lowest BCUT2D eigenvalue weighted by molar-refractivity contribution is 0.670. The molecule has 0 spiro atoms. The Morgan fingerprint density at radius 3 is 2.38 bits per heavy atom. The summed E-state index contributed by atoms with van der Waals surface area (Å²) in [6.45, 7) is 0. The fourth-order valence-corrected chi connectivity index (χ4v) is 2.85. The molecular weight excluding hydrogens is 316 g/mol. The largest absolute Gasteiger partial charge is 0.455 e. The van der Waals surface area contributed by atoms with E-state index in [0.717, 1.165) is 0 Å². The highest BCUT2D eigenvalue weighted by Gasteiger charge is 2.16. The van der Waals surface area contributed by atoms with Gasteiger partial charge >= 0.3 is 0 Å². The van der Waals surface area contributed by atoms with E-state index < -0.39 is 78.6 Å². The third-order valence-corrected chi connectivity index (χ3v) is 3.92. The lowest BCUT2D eigenvalue weighted by Gasteiger charge is -2.08. The van der Waals surface area contributed by atoms with E-state index >= 15 is 0 Å². The number of benzene rings is 4. The Labute approximate surface area is 162 Å². The minimum Gasteiger partial charge on any atom is -0.455 e. The van der Waals surface area contributed by atoms with Crippen LogP contribution in [0.5, 0.6) is 0 Å². The van der Waals surface area contributed by atoms with Crippen molar-refractivity contribution in [1.29, 1.82) is 0 Å². The van der Waals surface area contributed by atoms with Gasteiger partial charge in [0.05, 0.1) is 22.8 Å². The molecule has 1 heterocycles. The highest BCUT2D eigenvalue weighted by Crippen LogP contribution is 2.41. The number of furan rings is 1. The van der Waals surface area contributed by atoms with Crippen LogP contribution in [0, 0.1) is 0 Å². The second kappa shape index (κ2) is 5.12. The molecule has 0 saturated carbocycles. The Kier molecular flexibility index (Phi) is 1.27. The van der Waals surface area contributed by atoms with Crippen LogP contribution in [0.1, 0.15) is 17.8 Å². The van der Waals surface area contributed by atoms with Gasteiger partial charge in [-0.2, -0.15) is 0 Å². The van der Waals surface area contributed by atoms with Gasteiger partial charge in [-0.3, -0.25) is 0 Å². The van der Waals surface area contributed by atoms with Crippen molar-refractivity contribution in [3.63, 3.8) is 0 Å². The zero-order valence-electron chi connectivity index (χ0n) is 24.8. The molecule has 0 aliphatic rings. The third kappa shape index (κ3) is 1.88. The van der Waals surface area contributed by atoms with Gasteiger partial charge in [0.15, 0.2) is 0 Å². The fourth-order valence-electron chi connectivity index (χ4n) is 2.62. The zero-order valence-corrected chi connectivity index (χ0v) is 12.5. The minimum atomic E-state index is -0.693. The van der Waals surface area contributed by atoms with E-state index in [4.69, 9.17) is 33.8 Å². The molecule has 2 heteroatoms. The molecule has 114 valence electrons. The third-order valence-electron chi connectivity index (χ3n) is 3.64. The molecule has 0 saturated heterocycles. The fraction of sp³-hybridized carbons (Fsp3) is 0. The minimum absolute atomic E-state index is 0.144. The molecule has 4 aromatic carbocycles. The molecule has 0 aliphatic carbocycles. The summed E-state index contributed by atoms with van der Waals surface area (Å²) >= 11 is 6.39. The van der Waals surface area contributed by atoms with Gasteiger partial charge in [-0.15, -0.1) is 0 Å². The molecule has 24 heavy (non-hydrogen) atoms. The van der Waals surface area contributed by atoms with E-state index in [-0.39, 0.29) is 48.9 Å². The predicted molar refractivity (Wildman–Crippen MR) is 102 cm³/mol. The average molecular weight is 342 g/mol. The summed E-state index contributed by atoms with van der Waals surface area (Å²) in [7, 11) is 0. The molecule has 0 radical (unpaired) electrons. The van der Waals surface area contributed by atoms with Crippen molar-refractivity contribution in [2.75, 3.05) is 0 Å². The summed E-state index contributed by atoms with van der Waals surface area (Å²) in [5.74, 6) is 0. The van der Waals surface area contributed by atoms with E-state index in [1.54, 1.807) is 0 Å². The molecular formula is C22H13ClO. The Morgan fingerprint density at radius 2 is 1.46 bits per heavy atom. The van der Waals surface area contributed by atoms with Gasteiger partial charge in [-0.25, -0.2) is 0 Å². The highest BCUT2D eigenvalue weighted by atomic mass is 35.5. The first-order valence-electron chi connectivity index (χ1n) is 13.3. The molecule has 0 N–H and O–H groups in total. The quantitative estimate of drug-likeness (QED) is 0.318. The molecule has 0 unspecified atom stereocenters. The first-order valence-corrected chi connectivity index (χ1v) is 7.23. The zero-order chi connectivity index (χ0) is 27.4. The van der Waals surface area contributed by atoms with Gasteiger partial charge in [0.1, 0.15) is 11.2 Å². The second-order valence-corrected chi connectivity index (χ2v) is 5.33. The lowest BCUT2D eigenvalue weighted by atomic mass is 9.97. The Balaban J connectivity index is 2.17. The molecule has 5 aromatic rings. The smallest absolute Gasteiger partial charge is 0.144 e. The topological polar surface area (TPSA) is 13.1 Å². The monoisotopic (exact) mass is 341 g/mol. The van der Waals surface area contributed by atoms with E-state index in [1.807, 2.05) is 0 Å². The summed E-state index contributed by atoms with van der Waals surface area (Å²) in [6, 6.07) is -8.04. The molecule has 0 atom stereocenters. The number of hydrogen-bond donors (Lipinski definition) is 0. The van der Waals surface area contributed by atoms with Gasteiger partial charge in [-0.05, 0) is 34.5 Å². The highest BCUT2D eigenvalue weighted by molar-refractivity contribution is 6.38. The maximum atomic E-state index is 8.65. The summed E-state index contributed by atoms with van der Waals surface area (Å²) < 4.78 is 114. The number of fused-ring (bicyclic) bond motifs is 4. The first-order chi connectivity index (χ1) is 17.2. The van der Waals surface area contributed by atoms with Crippen molar-refractivity contribution in [2.45, 2.75) is 0 Å². The van der Waals surface area contributed by atoms with Crippen LogP contribution >= 0.6 is 11.6 Å². The van der Waals surface area contributed by atoms with Crippen molar-refractivity contribution in [2.24, 2.45) is 0 Å². The van der Waals surface area contributed by atoms with E-state index in [1.165, 1.54) is 0 Å². The maximum Gasteiger partial charge on any atom is 0.144 e. The molecule has 1 aromatic heterocycles. The van der Waals surface area contributed by atoms with Crippen LogP contribution in [-0.4, -0.2) is 0 Å². The summed E-state index contributed by atoms with van der Waals surface area (Å²) in [6.07, 6.45) is 0. The van der Waals surface area contributed by atoms with Crippen LogP contribution in [0.15, 0.2) is 83.0 Å². The van der Waals surface area contributed by atoms with E-state index in [0.29, 0.717) is 0 Å². The normalized spacial score (nSPS) is 19.1. The molecule has 0 amide bonds. The van der Waals surface area contributed by atoms with Gasteiger partial charge in [0.25, 0.3) is 0 Å². The SMILES string of the molecule is [2H]c1c([2H])c([2H])c2c(oc3c(-c4c([2H])c([2H])c([2H])c5c([2H])c([2H])c([2H])c([2H])c45)c([2H])c([2H])c(Cl)c32)c1[2H]. The van der Waals surface area contributed by atoms with Crippen LogP contribution in [-0.2, 0) is 0 Å². The molecule has 0 fully saturated rings. The Hall–Kier alpha value is -2.77. The summed E-state index contributed by atoms with van der Waals surface area (Å²) in [5.41, 5.74) is -1.37. The van der Waals surface area contributed by atoms with Crippen molar-refractivity contribution in [3.05, 3.63) is 83.6 Å². The molecule has 0 bridgehead atoms. The van der Waals surface area contributed by atoms with Crippen LogP contribution in [0.2, 0.25) is 5.02 Å². The van der Waals surface area contributed by atoms with Crippen LogP contribution in [0.3, 0.4) is 0 Å². The molecule has 5 rings (SSSR count). The number of para-hydroxylation sites is 1. The second-order valence-electron chi connectivity index (χ2n) is 4.95. The average Bonchev–Trinajstić information content (AvgIpc) is 3.27. The van der Waals surface area contributed by atoms with Crippen molar-refractivity contribution in [1.82, 2.24) is 0 Å². The summed E-state index contributed by atoms with van der Waals surface area (Å²) in [5, 5.41) is -1.37. The van der Waals surface area contributed by atoms with E-state index in [2.05, 4.69) is 0 Å². The lowest BCUT2D eigenvalue weighted by Crippen LogP contribution is -1.82. The van der Waals surface area contributed by atoms with Crippen LogP contribution in [0.25, 0.3) is 43.8 Å². The van der Waals surface area contributed by atoms with Crippen molar-refractivity contribution >= 4 is 44.3 Å². The first kappa shape index (κ1) is 5.94. The van der Waals surface area contributed by atoms with Crippen molar-refractivity contribution < 1.29 is 22.2 Å². The van der Waals surface area contributed by atoms with Gasteiger partial charge in [0.2, 0.25) is 0 Å². The molecule has 0 aliphatic heterocycles. The standard InChI is InChI=1S/C22H13ClO/c23-19-13-12-17(16-10-5-7-14-6-1-2-8-15(14)16)22-21(19)18-9-3-4-11-20(18)24-22/h1-13H/i1D,2D,3D,4D,5D,6D,7D,8D,9D,10D,11D,12D,13D. The van der Waals surface area contributed by atoms with Crippen LogP contribution in [0.4, 0.5) is 0 Å². The van der Waals surface area contributed by atoms with Gasteiger partial charge in [-0.1, -0.05) is 72.0 Å². The van der Waals surface area contributed by atoms with Gasteiger partial charge in [0, 0.05) is 16.3 Å². The van der Waals surface area contributed by atoms with E-state index in [9.17, 15) is 0 Å². The van der Waals surface area contributed by atoms with Gasteiger partial charge < -0.3 is 4.42 Å².